The molecular formula is C32H31BrN8O4. The number of amides is 2. The largest absolute Gasteiger partial charge is 0.504 e. The Kier molecular flexibility index (Phi) is 5.71. The van der Waals surface area contributed by atoms with Gasteiger partial charge in [0.1, 0.15) is 12.9 Å². The molecule has 4 aliphatic carbocycles. The van der Waals surface area contributed by atoms with Crippen molar-refractivity contribution in [3.8, 4) is 5.75 Å². The number of rotatable bonds is 5. The number of aryl methyl sites for hydroxylation is 1. The minimum absolute atomic E-state index is 0.00592. The molecule has 0 unspecified atom stereocenters. The van der Waals surface area contributed by atoms with Gasteiger partial charge in [-0.05, 0) is 96.8 Å². The Labute approximate surface area is 266 Å². The number of anilines is 1. The predicted molar refractivity (Wildman–Crippen MR) is 165 cm³/mol. The van der Waals surface area contributed by atoms with Gasteiger partial charge in [-0.1, -0.05) is 12.1 Å². The van der Waals surface area contributed by atoms with Gasteiger partial charge in [0.05, 0.1) is 5.69 Å². The maximum Gasteiger partial charge on any atom is 0.279 e. The monoisotopic (exact) mass is 670 g/mol. The van der Waals surface area contributed by atoms with Crippen LogP contribution >= 0.6 is 15.9 Å². The number of nitrogens with one attached hydrogen (secondary N) is 1. The summed E-state index contributed by atoms with van der Waals surface area (Å²) >= 11 is 3.36. The number of aromatic hydroxyl groups is 1. The van der Waals surface area contributed by atoms with Crippen LogP contribution in [0.4, 0.5) is 5.69 Å². The van der Waals surface area contributed by atoms with Crippen LogP contribution < -0.4 is 10.9 Å². The van der Waals surface area contributed by atoms with Gasteiger partial charge < -0.3 is 19.9 Å². The Morgan fingerprint density at radius 2 is 1.91 bits per heavy atom. The van der Waals surface area contributed by atoms with Gasteiger partial charge >= 0.3 is 0 Å². The summed E-state index contributed by atoms with van der Waals surface area (Å²) in [7, 11) is 0. The number of piperidine rings is 1. The van der Waals surface area contributed by atoms with Gasteiger partial charge in [0.25, 0.3) is 11.5 Å². The molecule has 2 N–H and O–H groups in total. The molecule has 1 aromatic carbocycles. The lowest BCUT2D eigenvalue weighted by molar-refractivity contribution is -0.116. The van der Waals surface area contributed by atoms with Gasteiger partial charge in [-0.3, -0.25) is 14.4 Å². The summed E-state index contributed by atoms with van der Waals surface area (Å²) in [6, 6.07) is 7.99. The number of aromatic nitrogens is 6. The smallest absolute Gasteiger partial charge is 0.279 e. The third kappa shape index (κ3) is 3.85. The van der Waals surface area contributed by atoms with E-state index in [1.807, 2.05) is 21.6 Å². The zero-order valence-corrected chi connectivity index (χ0v) is 26.2. The van der Waals surface area contributed by atoms with Crippen LogP contribution in [0.25, 0.3) is 5.78 Å². The summed E-state index contributed by atoms with van der Waals surface area (Å²) in [5.74, 6) is 0.799. The van der Waals surface area contributed by atoms with Crippen LogP contribution in [0, 0.1) is 18.8 Å². The number of benzene rings is 1. The standard InChI is InChI=1S/C32H31BrN8O4/c1-15-27(43)25(35-14-34-15)29(45)39-11-10-32(20-8-9-22(20)39)21-12-19(21)26-24(32)28(44)41-31(37-30(33)38-41)40(26)13-23(42)36-18-6-4-17(5-7-18)16-2-3-16/h4-7,14,16,19-22,43H,2-3,8-13H2,1H3,(H,36,42)/t19-,20+,21+,22-,32-/m0/s1. The third-order valence-corrected chi connectivity index (χ3v) is 11.4. The maximum atomic E-state index is 14.3. The SMILES string of the molecule is Cc1ncnc(C(=O)N2CC[C@]3(c4c(n(CC(=O)Nc5ccc(C6CC6)cc5)c5nc(Br)nn5c4=O)[C@H]4C[C@H]43)[C@@H]3CC[C@@H]32)c1O. The Hall–Kier alpha value is -4.13. The van der Waals surface area contributed by atoms with Crippen molar-refractivity contribution in [2.24, 2.45) is 11.8 Å². The molecule has 230 valence electrons. The Bertz CT molecular complexity index is 2000. The molecule has 45 heavy (non-hydrogen) atoms. The van der Waals surface area contributed by atoms with Gasteiger partial charge in [0.15, 0.2) is 11.4 Å². The summed E-state index contributed by atoms with van der Waals surface area (Å²) in [6.07, 6.45) is 7.01. The van der Waals surface area contributed by atoms with E-state index in [9.17, 15) is 19.5 Å². The lowest BCUT2D eigenvalue weighted by Crippen LogP contribution is -2.64. The van der Waals surface area contributed by atoms with E-state index in [1.54, 1.807) is 6.92 Å². The number of hydrogen-bond acceptors (Lipinski definition) is 8. The van der Waals surface area contributed by atoms with E-state index in [2.05, 4.69) is 53.4 Å². The van der Waals surface area contributed by atoms with E-state index < -0.39 is 5.41 Å². The first-order valence-corrected chi connectivity index (χ1v) is 16.5. The molecule has 12 nitrogen and oxygen atoms in total. The van der Waals surface area contributed by atoms with Crippen molar-refractivity contribution in [1.82, 2.24) is 34.0 Å². The maximum absolute atomic E-state index is 14.3. The van der Waals surface area contributed by atoms with Crippen LogP contribution in [-0.4, -0.2) is 63.5 Å². The molecule has 1 spiro atoms. The van der Waals surface area contributed by atoms with Gasteiger partial charge in [0, 0.05) is 40.9 Å². The van der Waals surface area contributed by atoms with Crippen molar-refractivity contribution in [2.45, 2.75) is 75.3 Å². The van der Waals surface area contributed by atoms with Crippen molar-refractivity contribution in [1.29, 1.82) is 0 Å². The minimum Gasteiger partial charge on any atom is -0.504 e. The molecule has 13 heteroatoms. The fourth-order valence-electron chi connectivity index (χ4n) is 8.77. The van der Waals surface area contributed by atoms with Gasteiger partial charge in [-0.25, -0.2) is 9.97 Å². The Morgan fingerprint density at radius 3 is 2.64 bits per heavy atom. The van der Waals surface area contributed by atoms with Crippen molar-refractivity contribution in [3.05, 3.63) is 73.9 Å². The average Bonchev–Trinajstić information content (AvgIpc) is 3.93. The van der Waals surface area contributed by atoms with E-state index in [1.165, 1.54) is 29.2 Å². The highest BCUT2D eigenvalue weighted by atomic mass is 79.9. The highest BCUT2D eigenvalue weighted by molar-refractivity contribution is 9.10. The molecule has 2 amide bonds. The van der Waals surface area contributed by atoms with Crippen molar-refractivity contribution in [2.75, 3.05) is 11.9 Å². The van der Waals surface area contributed by atoms with E-state index in [4.69, 9.17) is 0 Å². The summed E-state index contributed by atoms with van der Waals surface area (Å²) in [5.41, 5.74) is 3.45. The minimum atomic E-state index is -0.413. The molecule has 5 aliphatic rings. The number of carbonyl (C=O) groups is 2. The molecule has 1 saturated heterocycles. The van der Waals surface area contributed by atoms with Gasteiger partial charge in [-0.15, -0.1) is 5.10 Å². The summed E-state index contributed by atoms with van der Waals surface area (Å²) < 4.78 is 3.52. The Balaban J connectivity index is 1.08. The number of fused-ring (bicyclic) bond motifs is 8. The van der Waals surface area contributed by atoms with Gasteiger partial charge in [0.2, 0.25) is 16.4 Å². The van der Waals surface area contributed by atoms with Crippen LogP contribution in [0.5, 0.6) is 5.75 Å². The molecule has 9 rings (SSSR count). The second kappa shape index (κ2) is 9.44. The molecule has 3 saturated carbocycles. The second-order valence-electron chi connectivity index (χ2n) is 13.3. The number of likely N-dealkylation sites (tertiary alicyclic amines) is 1. The quantitative estimate of drug-likeness (QED) is 0.327. The molecule has 5 atom stereocenters. The molecule has 4 aromatic rings. The summed E-state index contributed by atoms with van der Waals surface area (Å²) in [5, 5.41) is 18.0. The first-order chi connectivity index (χ1) is 21.8. The summed E-state index contributed by atoms with van der Waals surface area (Å²) in [6.45, 7) is 2.10. The van der Waals surface area contributed by atoms with Crippen molar-refractivity contribution < 1.29 is 14.7 Å². The van der Waals surface area contributed by atoms with Crippen LogP contribution in [0.1, 0.15) is 83.4 Å². The number of nitrogens with zero attached hydrogens (tertiary/aromatic N) is 7. The van der Waals surface area contributed by atoms with Crippen LogP contribution in [0.2, 0.25) is 0 Å². The molecule has 1 aliphatic heterocycles. The molecule has 4 heterocycles. The molecule has 0 bridgehead atoms. The summed E-state index contributed by atoms with van der Waals surface area (Å²) in [4.78, 5) is 55.9. The number of hydrogen-bond donors (Lipinski definition) is 2. The first-order valence-electron chi connectivity index (χ1n) is 15.7. The average molecular weight is 672 g/mol. The zero-order chi connectivity index (χ0) is 30.8. The number of halogens is 1. The highest BCUT2D eigenvalue weighted by Crippen LogP contribution is 2.72. The fourth-order valence-corrected chi connectivity index (χ4v) is 9.09. The lowest BCUT2D eigenvalue weighted by Gasteiger charge is -2.58. The highest BCUT2D eigenvalue weighted by Gasteiger charge is 2.70. The first kappa shape index (κ1) is 27.2. The van der Waals surface area contributed by atoms with Crippen molar-refractivity contribution in [3.63, 3.8) is 0 Å². The predicted octanol–water partition coefficient (Wildman–Crippen LogP) is 3.65. The number of carbonyl (C=O) groups excluding carboxylic acids is 2. The van der Waals surface area contributed by atoms with Gasteiger partial charge in [-0.2, -0.15) is 9.50 Å². The Morgan fingerprint density at radius 1 is 1.11 bits per heavy atom. The van der Waals surface area contributed by atoms with Crippen molar-refractivity contribution >= 4 is 39.2 Å². The fraction of sp³-hybridized carbons (Fsp3) is 0.469. The lowest BCUT2D eigenvalue weighted by atomic mass is 9.54. The molecule has 4 fully saturated rings. The third-order valence-electron chi connectivity index (χ3n) is 11.1. The van der Waals surface area contributed by atoms with E-state index in [0.29, 0.717) is 30.4 Å². The molecule has 0 radical (unpaired) electrons. The zero-order valence-electron chi connectivity index (χ0n) is 24.6. The molecular weight excluding hydrogens is 640 g/mol. The van der Waals surface area contributed by atoms with E-state index in [-0.39, 0.29) is 63.9 Å². The molecule has 3 aromatic heterocycles. The van der Waals surface area contributed by atoms with Crippen LogP contribution in [0.15, 0.2) is 40.1 Å². The topological polar surface area (TPSA) is 148 Å². The van der Waals surface area contributed by atoms with E-state index >= 15 is 0 Å². The van der Waals surface area contributed by atoms with Crippen LogP contribution in [0.3, 0.4) is 0 Å². The normalized spacial score (nSPS) is 27.6. The second-order valence-corrected chi connectivity index (χ2v) is 14.0. The van der Waals surface area contributed by atoms with E-state index in [0.717, 1.165) is 36.2 Å². The van der Waals surface area contributed by atoms with Crippen LogP contribution in [-0.2, 0) is 16.8 Å².